The summed E-state index contributed by atoms with van der Waals surface area (Å²) in [5, 5.41) is 3.56. The van der Waals surface area contributed by atoms with Gasteiger partial charge in [0.15, 0.2) is 0 Å². The SMILES string of the molecule is CCC1NCC12CCCCC2. The van der Waals surface area contributed by atoms with Crippen molar-refractivity contribution in [3.05, 3.63) is 0 Å². The van der Waals surface area contributed by atoms with Crippen molar-refractivity contribution in [2.24, 2.45) is 5.41 Å². The van der Waals surface area contributed by atoms with Crippen LogP contribution in [0.1, 0.15) is 45.4 Å². The maximum absolute atomic E-state index is 3.56. The first kappa shape index (κ1) is 7.60. The average molecular weight is 153 g/mol. The lowest BCUT2D eigenvalue weighted by Crippen LogP contribution is -2.62. The van der Waals surface area contributed by atoms with Crippen LogP contribution >= 0.6 is 0 Å². The number of hydrogen-bond acceptors (Lipinski definition) is 1. The molecule has 1 atom stereocenters. The van der Waals surface area contributed by atoms with Crippen LogP contribution in [-0.2, 0) is 0 Å². The van der Waals surface area contributed by atoms with E-state index >= 15 is 0 Å². The van der Waals surface area contributed by atoms with Crippen LogP contribution < -0.4 is 5.32 Å². The lowest BCUT2D eigenvalue weighted by Gasteiger charge is -2.53. The zero-order valence-electron chi connectivity index (χ0n) is 7.53. The predicted molar refractivity (Wildman–Crippen MR) is 47.6 cm³/mol. The van der Waals surface area contributed by atoms with E-state index in [1.165, 1.54) is 45.1 Å². The summed E-state index contributed by atoms with van der Waals surface area (Å²) < 4.78 is 0. The zero-order chi connectivity index (χ0) is 7.73. The van der Waals surface area contributed by atoms with Crippen LogP contribution in [-0.4, -0.2) is 12.6 Å². The molecular formula is C10H19N. The third-order valence-corrected chi connectivity index (χ3v) is 3.70. The van der Waals surface area contributed by atoms with E-state index in [2.05, 4.69) is 12.2 Å². The first-order valence-corrected chi connectivity index (χ1v) is 5.11. The maximum Gasteiger partial charge on any atom is 0.0133 e. The zero-order valence-corrected chi connectivity index (χ0v) is 7.53. The van der Waals surface area contributed by atoms with Crippen molar-refractivity contribution in [2.45, 2.75) is 51.5 Å². The van der Waals surface area contributed by atoms with Gasteiger partial charge in [-0.2, -0.15) is 0 Å². The summed E-state index contributed by atoms with van der Waals surface area (Å²) in [5.41, 5.74) is 0.757. The molecule has 0 aromatic rings. The third kappa shape index (κ3) is 1.10. The van der Waals surface area contributed by atoms with Gasteiger partial charge in [-0.15, -0.1) is 0 Å². The molecular weight excluding hydrogens is 134 g/mol. The second-order valence-electron chi connectivity index (χ2n) is 4.26. The molecule has 0 amide bonds. The Labute approximate surface area is 69.6 Å². The van der Waals surface area contributed by atoms with Crippen molar-refractivity contribution in [3.63, 3.8) is 0 Å². The summed E-state index contributed by atoms with van der Waals surface area (Å²) >= 11 is 0. The van der Waals surface area contributed by atoms with Crippen LogP contribution in [0.15, 0.2) is 0 Å². The molecule has 0 radical (unpaired) electrons. The average Bonchev–Trinajstić information content (AvgIpc) is 2.05. The Bertz CT molecular complexity index is 134. The largest absolute Gasteiger partial charge is 0.313 e. The van der Waals surface area contributed by atoms with Gasteiger partial charge in [-0.25, -0.2) is 0 Å². The summed E-state index contributed by atoms with van der Waals surface area (Å²) in [7, 11) is 0. The van der Waals surface area contributed by atoms with E-state index in [1.807, 2.05) is 0 Å². The molecule has 2 fully saturated rings. The lowest BCUT2D eigenvalue weighted by molar-refractivity contribution is 0.0349. The van der Waals surface area contributed by atoms with Gasteiger partial charge in [0.1, 0.15) is 0 Å². The molecule has 1 heterocycles. The van der Waals surface area contributed by atoms with E-state index in [4.69, 9.17) is 0 Å². The number of hydrogen-bond donors (Lipinski definition) is 1. The van der Waals surface area contributed by atoms with Crippen LogP contribution in [0, 0.1) is 5.41 Å². The summed E-state index contributed by atoms with van der Waals surface area (Å²) in [5.74, 6) is 0. The molecule has 2 aliphatic rings. The number of rotatable bonds is 1. The van der Waals surface area contributed by atoms with Crippen molar-refractivity contribution in [3.8, 4) is 0 Å². The minimum atomic E-state index is 0.757. The van der Waals surface area contributed by atoms with Gasteiger partial charge >= 0.3 is 0 Å². The van der Waals surface area contributed by atoms with Crippen LogP contribution in [0.25, 0.3) is 0 Å². The summed E-state index contributed by atoms with van der Waals surface area (Å²) in [6, 6.07) is 0.864. The molecule has 0 bridgehead atoms. The fourth-order valence-corrected chi connectivity index (χ4v) is 2.89. The molecule has 1 saturated carbocycles. The van der Waals surface area contributed by atoms with Gasteiger partial charge in [0.25, 0.3) is 0 Å². The Kier molecular flexibility index (Phi) is 1.92. The first-order chi connectivity index (χ1) is 5.37. The smallest absolute Gasteiger partial charge is 0.0133 e. The minimum absolute atomic E-state index is 0.757. The van der Waals surface area contributed by atoms with Crippen LogP contribution in [0.5, 0.6) is 0 Å². The highest BCUT2D eigenvalue weighted by Crippen LogP contribution is 2.44. The van der Waals surface area contributed by atoms with E-state index in [9.17, 15) is 0 Å². The summed E-state index contributed by atoms with van der Waals surface area (Å²) in [6.07, 6.45) is 8.78. The molecule has 1 nitrogen and oxygen atoms in total. The van der Waals surface area contributed by atoms with Crippen molar-refractivity contribution in [1.82, 2.24) is 5.32 Å². The molecule has 1 N–H and O–H groups in total. The highest BCUT2D eigenvalue weighted by Gasteiger charge is 2.45. The van der Waals surface area contributed by atoms with E-state index < -0.39 is 0 Å². The molecule has 1 aliphatic carbocycles. The molecule has 1 spiro atoms. The topological polar surface area (TPSA) is 12.0 Å². The van der Waals surface area contributed by atoms with Gasteiger partial charge < -0.3 is 5.32 Å². The highest BCUT2D eigenvalue weighted by molar-refractivity contribution is 5.02. The van der Waals surface area contributed by atoms with E-state index in [0.29, 0.717) is 0 Å². The molecule has 2 rings (SSSR count). The van der Waals surface area contributed by atoms with Gasteiger partial charge in [-0.3, -0.25) is 0 Å². The normalized spacial score (nSPS) is 35.2. The summed E-state index contributed by atoms with van der Waals surface area (Å²) in [4.78, 5) is 0. The Morgan fingerprint density at radius 1 is 1.27 bits per heavy atom. The molecule has 1 heteroatoms. The molecule has 11 heavy (non-hydrogen) atoms. The second-order valence-corrected chi connectivity index (χ2v) is 4.26. The Hall–Kier alpha value is -0.0400. The minimum Gasteiger partial charge on any atom is -0.313 e. The van der Waals surface area contributed by atoms with E-state index in [1.54, 1.807) is 0 Å². The fourth-order valence-electron chi connectivity index (χ4n) is 2.89. The Morgan fingerprint density at radius 3 is 2.45 bits per heavy atom. The maximum atomic E-state index is 3.56. The lowest BCUT2D eigenvalue weighted by atomic mass is 9.63. The van der Waals surface area contributed by atoms with Crippen LogP contribution in [0.3, 0.4) is 0 Å². The van der Waals surface area contributed by atoms with Gasteiger partial charge in [0.2, 0.25) is 0 Å². The van der Waals surface area contributed by atoms with Crippen LogP contribution in [0.4, 0.5) is 0 Å². The second kappa shape index (κ2) is 2.78. The van der Waals surface area contributed by atoms with E-state index in [-0.39, 0.29) is 0 Å². The Morgan fingerprint density at radius 2 is 2.00 bits per heavy atom. The molecule has 1 unspecified atom stereocenters. The Balaban J connectivity index is 1.97. The monoisotopic (exact) mass is 153 g/mol. The molecule has 64 valence electrons. The van der Waals surface area contributed by atoms with Gasteiger partial charge in [-0.1, -0.05) is 26.2 Å². The summed E-state index contributed by atoms with van der Waals surface area (Å²) in [6.45, 7) is 3.62. The van der Waals surface area contributed by atoms with Crippen LogP contribution in [0.2, 0.25) is 0 Å². The fraction of sp³-hybridized carbons (Fsp3) is 1.00. The van der Waals surface area contributed by atoms with Crippen molar-refractivity contribution < 1.29 is 0 Å². The number of nitrogens with one attached hydrogen (secondary N) is 1. The standard InChI is InChI=1S/C10H19N/c1-2-9-10(8-11-9)6-4-3-5-7-10/h9,11H,2-8H2,1H3. The molecule has 0 aromatic carbocycles. The highest BCUT2D eigenvalue weighted by atomic mass is 15.0. The van der Waals surface area contributed by atoms with Gasteiger partial charge in [-0.05, 0) is 24.7 Å². The molecule has 0 aromatic heterocycles. The predicted octanol–water partition coefficient (Wildman–Crippen LogP) is 2.32. The third-order valence-electron chi connectivity index (χ3n) is 3.70. The van der Waals surface area contributed by atoms with Gasteiger partial charge in [0, 0.05) is 12.6 Å². The van der Waals surface area contributed by atoms with Gasteiger partial charge in [0.05, 0.1) is 0 Å². The molecule has 1 saturated heterocycles. The van der Waals surface area contributed by atoms with Crippen molar-refractivity contribution >= 4 is 0 Å². The van der Waals surface area contributed by atoms with E-state index in [0.717, 1.165) is 11.5 Å². The first-order valence-electron chi connectivity index (χ1n) is 5.11. The van der Waals surface area contributed by atoms with Crippen molar-refractivity contribution in [2.75, 3.05) is 6.54 Å². The molecule has 1 aliphatic heterocycles. The quantitative estimate of drug-likeness (QED) is 0.609. The van der Waals surface area contributed by atoms with Crippen molar-refractivity contribution in [1.29, 1.82) is 0 Å².